The molecule has 0 spiro atoms. The summed E-state index contributed by atoms with van der Waals surface area (Å²) in [6.45, 7) is 1.39. The van der Waals surface area contributed by atoms with E-state index in [0.717, 1.165) is 0 Å². The average molecular weight is 318 g/mol. The number of carboxylic acid groups (broad SMARTS) is 1. The van der Waals surface area contributed by atoms with E-state index in [-0.39, 0.29) is 13.1 Å². The Morgan fingerprint density at radius 3 is 2.67 bits per heavy atom. The highest BCUT2D eigenvalue weighted by Crippen LogP contribution is 2.36. The van der Waals surface area contributed by atoms with Crippen LogP contribution in [0.5, 0.6) is 0 Å². The molecule has 1 unspecified atom stereocenters. The van der Waals surface area contributed by atoms with Crippen LogP contribution < -0.4 is 0 Å². The number of aliphatic carboxylic acids is 1. The van der Waals surface area contributed by atoms with Crippen molar-refractivity contribution < 1.29 is 23.1 Å². The predicted octanol–water partition coefficient (Wildman–Crippen LogP) is 0.306. The van der Waals surface area contributed by atoms with Crippen LogP contribution in [-0.4, -0.2) is 68.0 Å². The molecule has 1 atom stereocenters. The van der Waals surface area contributed by atoms with Crippen LogP contribution in [-0.2, 0) is 19.7 Å². The van der Waals surface area contributed by atoms with Crippen molar-refractivity contribution in [2.24, 2.45) is 5.41 Å². The summed E-state index contributed by atoms with van der Waals surface area (Å²) in [6.07, 6.45) is 5.13. The Morgan fingerprint density at radius 1 is 1.33 bits per heavy atom. The van der Waals surface area contributed by atoms with E-state index in [1.54, 1.807) is 0 Å². The quantitative estimate of drug-likeness (QED) is 0.712. The summed E-state index contributed by atoms with van der Waals surface area (Å²) in [4.78, 5) is 11.6. The van der Waals surface area contributed by atoms with Gasteiger partial charge < -0.3 is 9.84 Å². The van der Waals surface area contributed by atoms with Gasteiger partial charge in [0.1, 0.15) is 0 Å². The molecule has 1 fully saturated rings. The Morgan fingerprint density at radius 2 is 2.10 bits per heavy atom. The van der Waals surface area contributed by atoms with Crippen molar-refractivity contribution in [2.75, 3.05) is 39.9 Å². The van der Waals surface area contributed by atoms with Gasteiger partial charge in [0.2, 0.25) is 0 Å². The highest BCUT2D eigenvalue weighted by Gasteiger charge is 2.48. The highest BCUT2D eigenvalue weighted by atomic mass is 32.2. The van der Waals surface area contributed by atoms with Gasteiger partial charge in [-0.1, -0.05) is 12.2 Å². The summed E-state index contributed by atoms with van der Waals surface area (Å²) >= 11 is 0. The topological polar surface area (TPSA) is 87.1 Å². The number of ether oxygens (including phenoxy) is 1. The van der Waals surface area contributed by atoms with Gasteiger partial charge in [-0.2, -0.15) is 17.0 Å². The van der Waals surface area contributed by atoms with Crippen LogP contribution in [0.25, 0.3) is 0 Å². The number of carbonyl (C=O) groups is 1. The van der Waals surface area contributed by atoms with E-state index >= 15 is 0 Å². The second kappa shape index (κ2) is 6.43. The summed E-state index contributed by atoms with van der Waals surface area (Å²) < 4.78 is 32.8. The SMILES string of the molecule is COCCC1(C(=O)O)CCN(S(=O)(=O)N2CC=CCC2)C1. The molecule has 2 aliphatic heterocycles. The highest BCUT2D eigenvalue weighted by molar-refractivity contribution is 7.86. The molecule has 2 heterocycles. The first kappa shape index (κ1) is 16.4. The monoisotopic (exact) mass is 318 g/mol. The fraction of sp³-hybridized carbons (Fsp3) is 0.769. The maximum absolute atomic E-state index is 12.6. The Kier molecular flexibility index (Phi) is 5.03. The summed E-state index contributed by atoms with van der Waals surface area (Å²) in [5.41, 5.74) is -1.03. The summed E-state index contributed by atoms with van der Waals surface area (Å²) in [6, 6.07) is 0. The lowest BCUT2D eigenvalue weighted by molar-refractivity contribution is -0.149. The minimum atomic E-state index is -3.58. The number of hydrogen-bond donors (Lipinski definition) is 1. The van der Waals surface area contributed by atoms with Gasteiger partial charge in [-0.25, -0.2) is 0 Å². The largest absolute Gasteiger partial charge is 0.481 e. The van der Waals surface area contributed by atoms with Gasteiger partial charge in [0.05, 0.1) is 5.41 Å². The van der Waals surface area contributed by atoms with Crippen molar-refractivity contribution in [3.8, 4) is 0 Å². The number of methoxy groups -OCH3 is 1. The minimum absolute atomic E-state index is 0.0221. The lowest BCUT2D eigenvalue weighted by atomic mass is 9.84. The maximum atomic E-state index is 12.6. The lowest BCUT2D eigenvalue weighted by Gasteiger charge is -2.29. The zero-order valence-electron chi connectivity index (χ0n) is 12.2. The van der Waals surface area contributed by atoms with Crippen LogP contribution in [0.2, 0.25) is 0 Å². The molecule has 0 aromatic carbocycles. The average Bonchev–Trinajstić information content (AvgIpc) is 2.93. The van der Waals surface area contributed by atoms with Crippen molar-refractivity contribution in [3.63, 3.8) is 0 Å². The number of hydrogen-bond acceptors (Lipinski definition) is 4. The molecule has 2 rings (SSSR count). The molecule has 120 valence electrons. The molecule has 0 saturated carbocycles. The first-order valence-corrected chi connectivity index (χ1v) is 8.45. The van der Waals surface area contributed by atoms with Crippen molar-refractivity contribution in [2.45, 2.75) is 19.3 Å². The molecule has 0 amide bonds. The normalized spacial score (nSPS) is 28.0. The first-order valence-electron chi connectivity index (χ1n) is 7.05. The van der Waals surface area contributed by atoms with E-state index in [4.69, 9.17) is 4.74 Å². The van der Waals surface area contributed by atoms with Gasteiger partial charge >= 0.3 is 5.97 Å². The van der Waals surface area contributed by atoms with Crippen LogP contribution in [0.3, 0.4) is 0 Å². The molecule has 0 aromatic rings. The summed E-state index contributed by atoms with van der Waals surface area (Å²) in [5, 5.41) is 9.48. The smallest absolute Gasteiger partial charge is 0.311 e. The standard InChI is InChI=1S/C13H22N2O5S/c1-20-10-6-13(12(16)17)5-9-15(11-13)21(18,19)14-7-3-2-4-8-14/h2-3H,4-11H2,1H3,(H,16,17). The molecule has 1 saturated heterocycles. The molecule has 0 bridgehead atoms. The molecule has 1 N–H and O–H groups in total. The third-order valence-corrected chi connectivity index (χ3v) is 6.18. The molecule has 0 aromatic heterocycles. The third-order valence-electron chi connectivity index (χ3n) is 4.23. The van der Waals surface area contributed by atoms with Crippen molar-refractivity contribution >= 4 is 16.2 Å². The van der Waals surface area contributed by atoms with Crippen molar-refractivity contribution in [1.82, 2.24) is 8.61 Å². The van der Waals surface area contributed by atoms with Gasteiger partial charge in [-0.3, -0.25) is 4.79 Å². The molecule has 0 radical (unpaired) electrons. The second-order valence-electron chi connectivity index (χ2n) is 5.54. The minimum Gasteiger partial charge on any atom is -0.481 e. The van der Waals surface area contributed by atoms with Crippen LogP contribution in [0, 0.1) is 5.41 Å². The third kappa shape index (κ3) is 3.28. The van der Waals surface area contributed by atoms with Gasteiger partial charge in [-0.15, -0.1) is 0 Å². The van der Waals surface area contributed by atoms with Crippen molar-refractivity contribution in [3.05, 3.63) is 12.2 Å². The zero-order chi connectivity index (χ0) is 15.5. The first-order chi connectivity index (χ1) is 9.92. The molecular weight excluding hydrogens is 296 g/mol. The molecule has 7 nitrogen and oxygen atoms in total. The fourth-order valence-corrected chi connectivity index (χ4v) is 4.48. The van der Waals surface area contributed by atoms with E-state index < -0.39 is 21.6 Å². The molecular formula is C13H22N2O5S. The van der Waals surface area contributed by atoms with E-state index in [1.165, 1.54) is 15.7 Å². The lowest BCUT2D eigenvalue weighted by Crippen LogP contribution is -2.46. The Labute approximate surface area is 125 Å². The number of carboxylic acids is 1. The summed E-state index contributed by atoms with van der Waals surface area (Å²) in [7, 11) is -2.07. The van der Waals surface area contributed by atoms with Crippen LogP contribution in [0.1, 0.15) is 19.3 Å². The Balaban J connectivity index is 2.12. The van der Waals surface area contributed by atoms with Gasteiger partial charge in [0.15, 0.2) is 0 Å². The van der Waals surface area contributed by atoms with E-state index in [1.807, 2.05) is 12.2 Å². The fourth-order valence-electron chi connectivity index (χ4n) is 2.81. The van der Waals surface area contributed by atoms with E-state index in [0.29, 0.717) is 39.0 Å². The molecule has 21 heavy (non-hydrogen) atoms. The Hall–Kier alpha value is -0.960. The van der Waals surface area contributed by atoms with Crippen molar-refractivity contribution in [1.29, 1.82) is 0 Å². The molecule has 8 heteroatoms. The predicted molar refractivity (Wildman–Crippen MR) is 77.0 cm³/mol. The van der Waals surface area contributed by atoms with Crippen LogP contribution >= 0.6 is 0 Å². The van der Waals surface area contributed by atoms with Gasteiger partial charge in [0.25, 0.3) is 10.2 Å². The van der Waals surface area contributed by atoms with Gasteiger partial charge in [-0.05, 0) is 19.3 Å². The maximum Gasteiger partial charge on any atom is 0.311 e. The van der Waals surface area contributed by atoms with E-state index in [9.17, 15) is 18.3 Å². The molecule has 0 aliphatic carbocycles. The second-order valence-corrected chi connectivity index (χ2v) is 7.47. The van der Waals surface area contributed by atoms with Crippen LogP contribution in [0.4, 0.5) is 0 Å². The zero-order valence-corrected chi connectivity index (χ0v) is 13.0. The van der Waals surface area contributed by atoms with Crippen LogP contribution in [0.15, 0.2) is 12.2 Å². The number of nitrogens with zero attached hydrogens (tertiary/aromatic N) is 2. The molecule has 2 aliphatic rings. The Bertz CT molecular complexity index is 519. The van der Waals surface area contributed by atoms with Gasteiger partial charge in [0, 0.05) is 39.9 Å². The summed E-state index contributed by atoms with van der Waals surface area (Å²) in [5.74, 6) is -0.948. The number of rotatable bonds is 6. The van der Waals surface area contributed by atoms with E-state index in [2.05, 4.69) is 0 Å².